The Bertz CT molecular complexity index is 687. The second kappa shape index (κ2) is 8.30. The van der Waals surface area contributed by atoms with Crippen LogP contribution in [0.15, 0.2) is 36.7 Å². The van der Waals surface area contributed by atoms with Crippen LogP contribution in [0.4, 0.5) is 0 Å². The molecular formula is C20H27N3O2. The molecule has 2 aromatic rings. The highest BCUT2D eigenvalue weighted by Gasteiger charge is 2.16. The van der Waals surface area contributed by atoms with Crippen molar-refractivity contribution in [2.24, 2.45) is 0 Å². The fourth-order valence-electron chi connectivity index (χ4n) is 3.24. The van der Waals surface area contributed by atoms with E-state index in [1.165, 1.54) is 6.42 Å². The minimum atomic E-state index is 0.0724. The lowest BCUT2D eigenvalue weighted by Crippen LogP contribution is -2.28. The molecule has 0 radical (unpaired) electrons. The van der Waals surface area contributed by atoms with Crippen molar-refractivity contribution in [3.8, 4) is 11.1 Å². The fourth-order valence-corrected chi connectivity index (χ4v) is 3.24. The molecule has 1 aliphatic heterocycles. The highest BCUT2D eigenvalue weighted by atomic mass is 16.5. The van der Waals surface area contributed by atoms with Crippen LogP contribution < -0.4 is 0 Å². The van der Waals surface area contributed by atoms with E-state index < -0.39 is 0 Å². The monoisotopic (exact) mass is 341 g/mol. The van der Waals surface area contributed by atoms with E-state index in [1.54, 1.807) is 4.90 Å². The van der Waals surface area contributed by atoms with Crippen LogP contribution in [0.1, 0.15) is 43.0 Å². The summed E-state index contributed by atoms with van der Waals surface area (Å²) < 4.78 is 7.53. The third-order valence-electron chi connectivity index (χ3n) is 4.81. The normalized spacial score (nSPS) is 17.0. The first kappa shape index (κ1) is 17.7. The quantitative estimate of drug-likeness (QED) is 0.773. The van der Waals surface area contributed by atoms with Gasteiger partial charge < -0.3 is 9.64 Å². The summed E-state index contributed by atoms with van der Waals surface area (Å²) >= 11 is 0. The predicted molar refractivity (Wildman–Crippen MR) is 98.5 cm³/mol. The number of carbonyl (C=O) groups is 1. The lowest BCUT2D eigenvalue weighted by Gasteiger charge is -2.18. The molecule has 0 bridgehead atoms. The topological polar surface area (TPSA) is 47.4 Å². The third kappa shape index (κ3) is 4.48. The van der Waals surface area contributed by atoms with Gasteiger partial charge in [0, 0.05) is 44.1 Å². The zero-order chi connectivity index (χ0) is 17.6. The summed E-state index contributed by atoms with van der Waals surface area (Å²) in [6.07, 6.45) is 8.63. The van der Waals surface area contributed by atoms with Gasteiger partial charge in [0.25, 0.3) is 5.91 Å². The van der Waals surface area contributed by atoms with Gasteiger partial charge in [-0.3, -0.25) is 9.48 Å². The van der Waals surface area contributed by atoms with Crippen molar-refractivity contribution in [3.63, 3.8) is 0 Å². The number of nitrogens with zero attached hydrogens (tertiary/aromatic N) is 3. The Kier molecular flexibility index (Phi) is 5.87. The molecule has 3 rings (SSSR count). The fraction of sp³-hybridized carbons (Fsp3) is 0.500. The maximum atomic E-state index is 12.5. The van der Waals surface area contributed by atoms with E-state index in [1.807, 2.05) is 48.4 Å². The van der Waals surface area contributed by atoms with E-state index in [4.69, 9.17) is 4.74 Å². The number of aromatic nitrogens is 2. The number of benzene rings is 1. The van der Waals surface area contributed by atoms with Crippen LogP contribution in [-0.4, -0.2) is 46.9 Å². The highest BCUT2D eigenvalue weighted by molar-refractivity contribution is 5.94. The molecule has 1 atom stereocenters. The number of aryl methyl sites for hydroxylation is 1. The van der Waals surface area contributed by atoms with Crippen molar-refractivity contribution in [2.75, 3.05) is 20.2 Å². The standard InChI is InChI=1S/C20H27N3O2/c1-3-23-15-18(14-21-23)16-8-10-17(11-9-16)20(24)22(2)12-4-6-19-7-5-13-25-19/h8-11,14-15,19H,3-7,12-13H2,1-2H3/t19-/m0/s1. The molecule has 5 nitrogen and oxygen atoms in total. The first-order chi connectivity index (χ1) is 12.2. The van der Waals surface area contributed by atoms with Crippen LogP contribution in [0.2, 0.25) is 0 Å². The molecule has 0 unspecified atom stereocenters. The average Bonchev–Trinajstić information content (AvgIpc) is 3.33. The summed E-state index contributed by atoms with van der Waals surface area (Å²) in [7, 11) is 1.87. The molecule has 0 N–H and O–H groups in total. The van der Waals surface area contributed by atoms with Crippen molar-refractivity contribution in [3.05, 3.63) is 42.2 Å². The molecule has 1 saturated heterocycles. The second-order valence-corrected chi connectivity index (χ2v) is 6.67. The zero-order valence-corrected chi connectivity index (χ0v) is 15.1. The zero-order valence-electron chi connectivity index (χ0n) is 15.1. The number of ether oxygens (including phenoxy) is 1. The summed E-state index contributed by atoms with van der Waals surface area (Å²) in [5, 5.41) is 4.29. The number of hydrogen-bond donors (Lipinski definition) is 0. The van der Waals surface area contributed by atoms with Crippen molar-refractivity contribution in [1.82, 2.24) is 14.7 Å². The summed E-state index contributed by atoms with van der Waals surface area (Å²) in [4.78, 5) is 14.4. The van der Waals surface area contributed by atoms with Crippen molar-refractivity contribution in [2.45, 2.75) is 45.3 Å². The van der Waals surface area contributed by atoms with Gasteiger partial charge in [0.1, 0.15) is 0 Å². The predicted octanol–water partition coefficient (Wildman–Crippen LogP) is 3.60. The molecule has 1 amide bonds. The van der Waals surface area contributed by atoms with Crippen LogP contribution in [0.3, 0.4) is 0 Å². The van der Waals surface area contributed by atoms with Gasteiger partial charge in [0.15, 0.2) is 0 Å². The maximum absolute atomic E-state index is 12.5. The molecule has 134 valence electrons. The van der Waals surface area contributed by atoms with Crippen LogP contribution in [0.5, 0.6) is 0 Å². The SMILES string of the molecule is CCn1cc(-c2ccc(C(=O)N(C)CCC[C@H]3CCCO3)cc2)cn1. The highest BCUT2D eigenvalue weighted by Crippen LogP contribution is 2.20. The number of hydrogen-bond acceptors (Lipinski definition) is 3. The first-order valence-corrected chi connectivity index (χ1v) is 9.17. The van der Waals surface area contributed by atoms with E-state index in [2.05, 4.69) is 12.0 Å². The summed E-state index contributed by atoms with van der Waals surface area (Å²) in [6.45, 7) is 4.58. The largest absolute Gasteiger partial charge is 0.378 e. The van der Waals surface area contributed by atoms with Gasteiger partial charge in [-0.1, -0.05) is 12.1 Å². The molecule has 1 fully saturated rings. The van der Waals surface area contributed by atoms with Crippen molar-refractivity contribution < 1.29 is 9.53 Å². The van der Waals surface area contributed by atoms with Crippen LogP contribution in [0.25, 0.3) is 11.1 Å². The minimum Gasteiger partial charge on any atom is -0.378 e. The molecule has 2 heterocycles. The van der Waals surface area contributed by atoms with Crippen LogP contribution in [0, 0.1) is 0 Å². The molecule has 25 heavy (non-hydrogen) atoms. The molecule has 0 spiro atoms. The Hall–Kier alpha value is -2.14. The second-order valence-electron chi connectivity index (χ2n) is 6.67. The van der Waals surface area contributed by atoms with Gasteiger partial charge in [-0.05, 0) is 50.3 Å². The summed E-state index contributed by atoms with van der Waals surface area (Å²) in [5.74, 6) is 0.0724. The summed E-state index contributed by atoms with van der Waals surface area (Å²) in [5.41, 5.74) is 2.88. The Morgan fingerprint density at radius 2 is 2.12 bits per heavy atom. The third-order valence-corrected chi connectivity index (χ3v) is 4.81. The van der Waals surface area contributed by atoms with E-state index in [0.717, 1.165) is 55.6 Å². The first-order valence-electron chi connectivity index (χ1n) is 9.17. The van der Waals surface area contributed by atoms with E-state index >= 15 is 0 Å². The van der Waals surface area contributed by atoms with Crippen LogP contribution >= 0.6 is 0 Å². The lowest BCUT2D eigenvalue weighted by atomic mass is 10.1. The molecule has 0 aliphatic carbocycles. The van der Waals surface area contributed by atoms with Gasteiger partial charge in [-0.2, -0.15) is 5.10 Å². The van der Waals surface area contributed by atoms with Gasteiger partial charge in [0.2, 0.25) is 0 Å². The van der Waals surface area contributed by atoms with Gasteiger partial charge in [0.05, 0.1) is 12.3 Å². The Morgan fingerprint density at radius 3 is 2.76 bits per heavy atom. The Morgan fingerprint density at radius 1 is 1.32 bits per heavy atom. The smallest absolute Gasteiger partial charge is 0.253 e. The molecule has 1 aromatic carbocycles. The molecule has 0 saturated carbocycles. The lowest BCUT2D eigenvalue weighted by molar-refractivity contribution is 0.0763. The van der Waals surface area contributed by atoms with Crippen LogP contribution in [-0.2, 0) is 11.3 Å². The van der Waals surface area contributed by atoms with E-state index in [-0.39, 0.29) is 5.91 Å². The summed E-state index contributed by atoms with van der Waals surface area (Å²) in [6, 6.07) is 7.78. The van der Waals surface area contributed by atoms with Crippen molar-refractivity contribution in [1.29, 1.82) is 0 Å². The van der Waals surface area contributed by atoms with Gasteiger partial charge >= 0.3 is 0 Å². The number of carbonyl (C=O) groups excluding carboxylic acids is 1. The average molecular weight is 341 g/mol. The number of amides is 1. The molecule has 1 aliphatic rings. The van der Waals surface area contributed by atoms with E-state index in [9.17, 15) is 4.79 Å². The van der Waals surface area contributed by atoms with E-state index in [0.29, 0.717) is 6.10 Å². The minimum absolute atomic E-state index is 0.0724. The maximum Gasteiger partial charge on any atom is 0.253 e. The number of rotatable bonds is 7. The van der Waals surface area contributed by atoms with Gasteiger partial charge in [-0.15, -0.1) is 0 Å². The molecule has 1 aromatic heterocycles. The Balaban J connectivity index is 1.54. The molecule has 5 heteroatoms. The van der Waals surface area contributed by atoms with Gasteiger partial charge in [-0.25, -0.2) is 0 Å². The van der Waals surface area contributed by atoms with Crippen molar-refractivity contribution >= 4 is 5.91 Å². The Labute approximate surface area is 149 Å². The molecular weight excluding hydrogens is 314 g/mol.